The molecule has 1 aromatic rings. The molecule has 0 bridgehead atoms. The van der Waals surface area contributed by atoms with Gasteiger partial charge in [0.05, 0.1) is 25.5 Å². The molecule has 2 amide bonds. The Hall–Kier alpha value is -2.22. The van der Waals surface area contributed by atoms with E-state index in [0.29, 0.717) is 24.3 Å². The number of primary amides is 1. The standard InChI is InChI=1S/C17H22N4O4/c1-9-17(8-25-9,16(18)23)21-14(22)12-6-19-13(11-4-5-11)15(20-12)24-7-10-2-3-10/h6,9-11H,2-5,7-8H2,1H3,(H2,18,23)(H,21,22). The van der Waals surface area contributed by atoms with E-state index in [0.717, 1.165) is 18.5 Å². The number of aromatic nitrogens is 2. The van der Waals surface area contributed by atoms with Crippen LogP contribution >= 0.6 is 0 Å². The van der Waals surface area contributed by atoms with E-state index in [-0.39, 0.29) is 12.3 Å². The average Bonchev–Trinajstić information content (AvgIpc) is 3.48. The highest BCUT2D eigenvalue weighted by Gasteiger charge is 2.52. The average molecular weight is 346 g/mol. The predicted octanol–water partition coefficient (Wildman–Crippen LogP) is 0.515. The second kappa shape index (κ2) is 5.94. The summed E-state index contributed by atoms with van der Waals surface area (Å²) in [6, 6.07) is 0. The Labute approximate surface area is 145 Å². The molecule has 8 heteroatoms. The van der Waals surface area contributed by atoms with Crippen LogP contribution in [0.25, 0.3) is 0 Å². The van der Waals surface area contributed by atoms with E-state index in [9.17, 15) is 9.59 Å². The molecule has 8 nitrogen and oxygen atoms in total. The summed E-state index contributed by atoms with van der Waals surface area (Å²) in [5.41, 5.74) is 5.20. The molecule has 1 aliphatic heterocycles. The molecule has 0 spiro atoms. The van der Waals surface area contributed by atoms with Crippen LogP contribution in [-0.4, -0.2) is 46.6 Å². The zero-order valence-corrected chi connectivity index (χ0v) is 14.2. The summed E-state index contributed by atoms with van der Waals surface area (Å²) in [5, 5.41) is 2.67. The molecule has 25 heavy (non-hydrogen) atoms. The van der Waals surface area contributed by atoms with Gasteiger partial charge in [-0.25, -0.2) is 4.98 Å². The molecule has 3 N–H and O–H groups in total. The van der Waals surface area contributed by atoms with Crippen LogP contribution in [-0.2, 0) is 9.53 Å². The van der Waals surface area contributed by atoms with Crippen molar-refractivity contribution in [2.75, 3.05) is 13.2 Å². The minimum atomic E-state index is -1.19. The molecule has 1 saturated heterocycles. The van der Waals surface area contributed by atoms with Crippen molar-refractivity contribution in [3.63, 3.8) is 0 Å². The number of amides is 2. The first-order valence-electron chi connectivity index (χ1n) is 8.73. The SMILES string of the molecule is CC1OCC1(NC(=O)c1cnc(C2CC2)c(OCC2CC2)n1)C(N)=O. The van der Waals surface area contributed by atoms with E-state index >= 15 is 0 Å². The lowest BCUT2D eigenvalue weighted by atomic mass is 9.88. The van der Waals surface area contributed by atoms with Gasteiger partial charge in [0.1, 0.15) is 5.69 Å². The van der Waals surface area contributed by atoms with E-state index in [1.54, 1.807) is 6.92 Å². The second-order valence-electron chi connectivity index (χ2n) is 7.22. The minimum absolute atomic E-state index is 0.0634. The van der Waals surface area contributed by atoms with Gasteiger partial charge in [0, 0.05) is 5.92 Å². The Balaban J connectivity index is 1.53. The number of nitrogens with zero attached hydrogens (tertiary/aromatic N) is 2. The number of carbonyl (C=O) groups is 2. The quantitative estimate of drug-likeness (QED) is 0.743. The number of ether oxygens (including phenoxy) is 2. The lowest BCUT2D eigenvalue weighted by molar-refractivity contribution is -0.162. The van der Waals surface area contributed by atoms with Gasteiger partial charge in [0.2, 0.25) is 11.8 Å². The molecule has 2 aliphatic carbocycles. The topological polar surface area (TPSA) is 116 Å². The van der Waals surface area contributed by atoms with Gasteiger partial charge >= 0.3 is 0 Å². The monoisotopic (exact) mass is 346 g/mol. The van der Waals surface area contributed by atoms with Crippen molar-refractivity contribution in [3.8, 4) is 5.88 Å². The van der Waals surface area contributed by atoms with Gasteiger partial charge in [-0.2, -0.15) is 0 Å². The number of hydrogen-bond donors (Lipinski definition) is 2. The molecule has 2 atom stereocenters. The number of nitrogens with two attached hydrogens (primary N) is 1. The van der Waals surface area contributed by atoms with Gasteiger partial charge in [0.25, 0.3) is 5.91 Å². The van der Waals surface area contributed by atoms with Crippen molar-refractivity contribution in [1.29, 1.82) is 0 Å². The fourth-order valence-electron chi connectivity index (χ4n) is 2.87. The first kappa shape index (κ1) is 16.3. The molecule has 134 valence electrons. The highest BCUT2D eigenvalue weighted by molar-refractivity contribution is 5.98. The number of nitrogens with one attached hydrogen (secondary N) is 1. The maximum atomic E-state index is 12.6. The van der Waals surface area contributed by atoms with Crippen LogP contribution in [0.4, 0.5) is 0 Å². The number of rotatable bonds is 7. The Kier molecular flexibility index (Phi) is 3.87. The molecule has 3 aliphatic rings. The number of carbonyl (C=O) groups excluding carboxylic acids is 2. The van der Waals surface area contributed by atoms with Gasteiger partial charge in [0.15, 0.2) is 11.2 Å². The summed E-state index contributed by atoms with van der Waals surface area (Å²) in [5.74, 6) is 0.272. The first-order valence-corrected chi connectivity index (χ1v) is 8.73. The van der Waals surface area contributed by atoms with E-state index < -0.39 is 23.5 Å². The summed E-state index contributed by atoms with van der Waals surface area (Å²) in [7, 11) is 0. The molecular formula is C17H22N4O4. The zero-order chi connectivity index (χ0) is 17.6. The predicted molar refractivity (Wildman–Crippen MR) is 87.0 cm³/mol. The van der Waals surface area contributed by atoms with E-state index in [4.69, 9.17) is 15.2 Å². The van der Waals surface area contributed by atoms with Crippen molar-refractivity contribution < 1.29 is 19.1 Å². The van der Waals surface area contributed by atoms with E-state index in [1.807, 2.05) is 0 Å². The normalized spacial score (nSPS) is 28.1. The van der Waals surface area contributed by atoms with Crippen molar-refractivity contribution in [2.24, 2.45) is 11.7 Å². The molecular weight excluding hydrogens is 324 g/mol. The zero-order valence-electron chi connectivity index (χ0n) is 14.2. The molecule has 0 aromatic carbocycles. The van der Waals surface area contributed by atoms with Crippen LogP contribution in [0.3, 0.4) is 0 Å². The largest absolute Gasteiger partial charge is 0.476 e. The summed E-state index contributed by atoms with van der Waals surface area (Å²) >= 11 is 0. The highest BCUT2D eigenvalue weighted by atomic mass is 16.5. The Morgan fingerprint density at radius 3 is 2.68 bits per heavy atom. The molecule has 4 rings (SSSR count). The van der Waals surface area contributed by atoms with Gasteiger partial charge < -0.3 is 20.5 Å². The summed E-state index contributed by atoms with van der Waals surface area (Å²) in [6.07, 6.45) is 5.44. The highest BCUT2D eigenvalue weighted by Crippen LogP contribution is 2.43. The Bertz CT molecular complexity index is 717. The Morgan fingerprint density at radius 1 is 1.40 bits per heavy atom. The second-order valence-corrected chi connectivity index (χ2v) is 7.22. The lowest BCUT2D eigenvalue weighted by Gasteiger charge is -2.45. The maximum absolute atomic E-state index is 12.6. The fraction of sp³-hybridized carbons (Fsp3) is 0.647. The molecule has 2 unspecified atom stereocenters. The van der Waals surface area contributed by atoms with E-state index in [1.165, 1.54) is 19.0 Å². The van der Waals surface area contributed by atoms with Crippen molar-refractivity contribution in [3.05, 3.63) is 17.6 Å². The molecule has 3 fully saturated rings. The smallest absolute Gasteiger partial charge is 0.272 e. The Morgan fingerprint density at radius 2 is 2.16 bits per heavy atom. The third kappa shape index (κ3) is 3.06. The van der Waals surface area contributed by atoms with E-state index in [2.05, 4.69) is 15.3 Å². The molecule has 2 saturated carbocycles. The van der Waals surface area contributed by atoms with Crippen LogP contribution in [0.2, 0.25) is 0 Å². The lowest BCUT2D eigenvalue weighted by Crippen LogP contribution is -2.73. The molecule has 1 aromatic heterocycles. The van der Waals surface area contributed by atoms with Crippen molar-refractivity contribution >= 4 is 11.8 Å². The summed E-state index contributed by atoms with van der Waals surface area (Å²) < 4.78 is 11.0. The number of hydrogen-bond acceptors (Lipinski definition) is 6. The van der Waals surface area contributed by atoms with Crippen LogP contribution in [0.1, 0.15) is 54.7 Å². The summed E-state index contributed by atoms with van der Waals surface area (Å²) in [6.45, 7) is 2.37. The van der Waals surface area contributed by atoms with Crippen molar-refractivity contribution in [1.82, 2.24) is 15.3 Å². The van der Waals surface area contributed by atoms with Crippen molar-refractivity contribution in [2.45, 2.75) is 50.2 Å². The van der Waals surface area contributed by atoms with Crippen LogP contribution < -0.4 is 15.8 Å². The van der Waals surface area contributed by atoms with Gasteiger partial charge in [-0.3, -0.25) is 14.6 Å². The van der Waals surface area contributed by atoms with Crippen LogP contribution in [0, 0.1) is 5.92 Å². The fourth-order valence-corrected chi connectivity index (χ4v) is 2.87. The minimum Gasteiger partial charge on any atom is -0.476 e. The summed E-state index contributed by atoms with van der Waals surface area (Å²) in [4.78, 5) is 33.1. The third-order valence-corrected chi connectivity index (χ3v) is 5.15. The van der Waals surface area contributed by atoms with Gasteiger partial charge in [-0.05, 0) is 38.5 Å². The van der Waals surface area contributed by atoms with Crippen LogP contribution in [0.15, 0.2) is 6.20 Å². The van der Waals surface area contributed by atoms with Gasteiger partial charge in [-0.15, -0.1) is 0 Å². The molecule has 0 radical (unpaired) electrons. The third-order valence-electron chi connectivity index (χ3n) is 5.15. The maximum Gasteiger partial charge on any atom is 0.272 e. The molecule has 2 heterocycles. The first-order chi connectivity index (χ1) is 12.0. The van der Waals surface area contributed by atoms with Crippen LogP contribution in [0.5, 0.6) is 5.88 Å². The van der Waals surface area contributed by atoms with Gasteiger partial charge in [-0.1, -0.05) is 0 Å².